The number of carbonyl (C=O) groups excluding carboxylic acids is 2. The van der Waals surface area contributed by atoms with Crippen molar-refractivity contribution in [3.05, 3.63) is 46.8 Å². The highest BCUT2D eigenvalue weighted by Gasteiger charge is 2.30. The summed E-state index contributed by atoms with van der Waals surface area (Å²) in [6.45, 7) is 4.25. The van der Waals surface area contributed by atoms with E-state index in [1.54, 1.807) is 19.1 Å². The summed E-state index contributed by atoms with van der Waals surface area (Å²) in [6.07, 6.45) is 4.09. The fraction of sp³-hybridized carbons (Fsp3) is 0.476. The number of phenols is 1. The molecule has 148 valence electrons. The Balaban J connectivity index is 1.40. The van der Waals surface area contributed by atoms with Gasteiger partial charge in [-0.25, -0.2) is 0 Å². The van der Waals surface area contributed by atoms with Gasteiger partial charge in [0.15, 0.2) is 0 Å². The van der Waals surface area contributed by atoms with Crippen molar-refractivity contribution in [3.8, 4) is 5.75 Å². The second kappa shape index (κ2) is 7.66. The second-order valence-electron chi connectivity index (χ2n) is 7.78. The van der Waals surface area contributed by atoms with Gasteiger partial charge in [0.05, 0.1) is 24.5 Å². The standard InChI is InChI=1S/C21H26N4O3/c1-14-10-16(6-7-19(14)26)20(27)22-12-17-11-18-13-24(8-3-9-25(18)23-17)21(28)15-4-2-5-15/h6-7,10-11,15,26H,2-5,8-9,12-13H2,1H3,(H,22,27). The number of carbonyl (C=O) groups is 2. The number of rotatable bonds is 4. The number of nitrogens with one attached hydrogen (secondary N) is 1. The van der Waals surface area contributed by atoms with E-state index in [0.717, 1.165) is 50.2 Å². The summed E-state index contributed by atoms with van der Waals surface area (Å²) in [5.74, 6) is 0.462. The Morgan fingerprint density at radius 3 is 2.75 bits per heavy atom. The monoisotopic (exact) mass is 382 g/mol. The molecule has 2 aliphatic rings. The first kappa shape index (κ1) is 18.5. The summed E-state index contributed by atoms with van der Waals surface area (Å²) < 4.78 is 1.96. The number of aryl methyl sites for hydroxylation is 2. The Morgan fingerprint density at radius 2 is 2.04 bits per heavy atom. The molecular formula is C21H26N4O3. The lowest BCUT2D eigenvalue weighted by Gasteiger charge is -2.30. The van der Waals surface area contributed by atoms with E-state index in [0.29, 0.717) is 24.2 Å². The molecule has 1 aromatic heterocycles. The Hall–Kier alpha value is -2.83. The predicted octanol–water partition coefficient (Wildman–Crippen LogP) is 2.36. The van der Waals surface area contributed by atoms with Crippen LogP contribution in [0.15, 0.2) is 24.3 Å². The summed E-state index contributed by atoms with van der Waals surface area (Å²) in [6, 6.07) is 6.77. The molecule has 1 aromatic carbocycles. The maximum atomic E-state index is 12.6. The molecular weight excluding hydrogens is 356 g/mol. The summed E-state index contributed by atoms with van der Waals surface area (Å²) >= 11 is 0. The number of hydrogen-bond donors (Lipinski definition) is 2. The van der Waals surface area contributed by atoms with Crippen LogP contribution in [0.2, 0.25) is 0 Å². The molecule has 0 atom stereocenters. The van der Waals surface area contributed by atoms with E-state index in [-0.39, 0.29) is 23.5 Å². The first-order chi connectivity index (χ1) is 13.5. The van der Waals surface area contributed by atoms with Crippen molar-refractivity contribution in [1.29, 1.82) is 0 Å². The van der Waals surface area contributed by atoms with Crippen molar-refractivity contribution in [3.63, 3.8) is 0 Å². The quantitative estimate of drug-likeness (QED) is 0.850. The lowest BCUT2D eigenvalue weighted by molar-refractivity contribution is -0.138. The average molecular weight is 382 g/mol. The summed E-state index contributed by atoms with van der Waals surface area (Å²) in [7, 11) is 0. The van der Waals surface area contributed by atoms with Gasteiger partial charge in [-0.15, -0.1) is 0 Å². The lowest BCUT2D eigenvalue weighted by atomic mass is 9.84. The third kappa shape index (κ3) is 3.74. The van der Waals surface area contributed by atoms with E-state index in [4.69, 9.17) is 0 Å². The van der Waals surface area contributed by atoms with E-state index in [1.165, 1.54) is 6.07 Å². The second-order valence-corrected chi connectivity index (χ2v) is 7.78. The maximum Gasteiger partial charge on any atom is 0.251 e. The van der Waals surface area contributed by atoms with Crippen molar-refractivity contribution in [2.45, 2.75) is 52.2 Å². The molecule has 0 saturated heterocycles. The normalized spacial score (nSPS) is 16.8. The van der Waals surface area contributed by atoms with Crippen molar-refractivity contribution in [2.75, 3.05) is 6.54 Å². The molecule has 1 aliphatic heterocycles. The number of fused-ring (bicyclic) bond motifs is 1. The molecule has 0 bridgehead atoms. The predicted molar refractivity (Wildman–Crippen MR) is 104 cm³/mol. The number of amides is 2. The van der Waals surface area contributed by atoms with Crippen molar-refractivity contribution >= 4 is 11.8 Å². The van der Waals surface area contributed by atoms with Crippen LogP contribution in [-0.2, 0) is 24.4 Å². The number of hydrogen-bond acceptors (Lipinski definition) is 4. The zero-order chi connectivity index (χ0) is 19.7. The van der Waals surface area contributed by atoms with Gasteiger partial charge in [0.1, 0.15) is 5.75 Å². The molecule has 2 aromatic rings. The van der Waals surface area contributed by atoms with E-state index in [2.05, 4.69) is 10.4 Å². The number of aromatic hydroxyl groups is 1. The molecule has 4 rings (SSSR count). The highest BCUT2D eigenvalue weighted by atomic mass is 16.3. The smallest absolute Gasteiger partial charge is 0.251 e. The van der Waals surface area contributed by atoms with Gasteiger partial charge >= 0.3 is 0 Å². The Labute approximate surface area is 164 Å². The van der Waals surface area contributed by atoms with Crippen molar-refractivity contribution in [2.24, 2.45) is 5.92 Å². The van der Waals surface area contributed by atoms with Crippen LogP contribution in [0.5, 0.6) is 5.75 Å². The third-order valence-corrected chi connectivity index (χ3v) is 5.72. The van der Waals surface area contributed by atoms with E-state index >= 15 is 0 Å². The van der Waals surface area contributed by atoms with Crippen LogP contribution >= 0.6 is 0 Å². The van der Waals surface area contributed by atoms with E-state index in [1.807, 2.05) is 15.6 Å². The molecule has 1 fully saturated rings. The van der Waals surface area contributed by atoms with Crippen LogP contribution < -0.4 is 5.32 Å². The molecule has 2 amide bonds. The van der Waals surface area contributed by atoms with Crippen molar-refractivity contribution < 1.29 is 14.7 Å². The van der Waals surface area contributed by atoms with Gasteiger partial charge in [0, 0.05) is 24.6 Å². The van der Waals surface area contributed by atoms with Crippen LogP contribution in [0.3, 0.4) is 0 Å². The topological polar surface area (TPSA) is 87.5 Å². The molecule has 0 spiro atoms. The van der Waals surface area contributed by atoms with Crippen LogP contribution in [0.1, 0.15) is 53.0 Å². The van der Waals surface area contributed by atoms with E-state index in [9.17, 15) is 14.7 Å². The largest absolute Gasteiger partial charge is 0.508 e. The Bertz CT molecular complexity index is 901. The van der Waals surface area contributed by atoms with Crippen LogP contribution in [-0.4, -0.2) is 38.1 Å². The SMILES string of the molecule is Cc1cc(C(=O)NCc2cc3n(n2)CCCN(C(=O)C2CCC2)C3)ccc1O. The summed E-state index contributed by atoms with van der Waals surface area (Å²) in [5, 5.41) is 17.1. The number of nitrogens with zero attached hydrogens (tertiary/aromatic N) is 3. The van der Waals surface area contributed by atoms with Crippen LogP contribution in [0.25, 0.3) is 0 Å². The third-order valence-electron chi connectivity index (χ3n) is 5.72. The Kier molecular flexibility index (Phi) is 5.07. The minimum Gasteiger partial charge on any atom is -0.508 e. The molecule has 1 saturated carbocycles. The van der Waals surface area contributed by atoms with Gasteiger partial charge in [0.2, 0.25) is 5.91 Å². The summed E-state index contributed by atoms with van der Waals surface area (Å²) in [4.78, 5) is 26.9. The molecule has 7 nitrogen and oxygen atoms in total. The number of aromatic nitrogens is 2. The minimum absolute atomic E-state index is 0.176. The van der Waals surface area contributed by atoms with Gasteiger partial charge in [-0.05, 0) is 56.0 Å². The van der Waals surface area contributed by atoms with Gasteiger partial charge in [-0.3, -0.25) is 14.3 Å². The average Bonchev–Trinajstić information content (AvgIpc) is 2.90. The molecule has 1 aliphatic carbocycles. The molecule has 0 unspecified atom stereocenters. The molecule has 0 radical (unpaired) electrons. The fourth-order valence-electron chi connectivity index (χ4n) is 3.78. The highest BCUT2D eigenvalue weighted by Crippen LogP contribution is 2.29. The van der Waals surface area contributed by atoms with Gasteiger partial charge in [0.25, 0.3) is 5.91 Å². The van der Waals surface area contributed by atoms with E-state index < -0.39 is 0 Å². The maximum absolute atomic E-state index is 12.6. The minimum atomic E-state index is -0.201. The zero-order valence-corrected chi connectivity index (χ0v) is 16.1. The molecule has 2 N–H and O–H groups in total. The van der Waals surface area contributed by atoms with Crippen LogP contribution in [0.4, 0.5) is 0 Å². The first-order valence-corrected chi connectivity index (χ1v) is 9.93. The van der Waals surface area contributed by atoms with Gasteiger partial charge in [-0.2, -0.15) is 5.10 Å². The lowest BCUT2D eigenvalue weighted by Crippen LogP contribution is -2.38. The Morgan fingerprint density at radius 1 is 1.21 bits per heavy atom. The molecule has 28 heavy (non-hydrogen) atoms. The van der Waals surface area contributed by atoms with Crippen molar-refractivity contribution in [1.82, 2.24) is 20.0 Å². The fourth-order valence-corrected chi connectivity index (χ4v) is 3.78. The zero-order valence-electron chi connectivity index (χ0n) is 16.1. The van der Waals surface area contributed by atoms with Gasteiger partial charge < -0.3 is 15.3 Å². The van der Waals surface area contributed by atoms with Gasteiger partial charge in [-0.1, -0.05) is 6.42 Å². The highest BCUT2D eigenvalue weighted by molar-refractivity contribution is 5.94. The van der Waals surface area contributed by atoms with Crippen LogP contribution in [0, 0.1) is 12.8 Å². The number of benzene rings is 1. The molecule has 2 heterocycles. The summed E-state index contributed by atoms with van der Waals surface area (Å²) in [5.41, 5.74) is 2.98. The first-order valence-electron chi connectivity index (χ1n) is 9.93. The molecule has 7 heteroatoms. The number of phenolic OH excluding ortho intramolecular Hbond substituents is 1.